The van der Waals surface area contributed by atoms with E-state index in [0.717, 1.165) is 22.7 Å². The Bertz CT molecular complexity index is 208. The number of halogens is 1. The SMILES string of the molecule is CCC(C)C1CCC(Cl)=CC1=S. The lowest BCUT2D eigenvalue weighted by molar-refractivity contribution is 0.419. The van der Waals surface area contributed by atoms with Crippen molar-refractivity contribution in [2.45, 2.75) is 33.1 Å². The zero-order valence-electron chi connectivity index (χ0n) is 7.64. The molecule has 0 aromatic carbocycles. The topological polar surface area (TPSA) is 0 Å². The van der Waals surface area contributed by atoms with Gasteiger partial charge < -0.3 is 0 Å². The molecule has 0 saturated carbocycles. The molecular weight excluding hydrogens is 188 g/mol. The Kier molecular flexibility index (Phi) is 3.73. The monoisotopic (exact) mass is 202 g/mol. The van der Waals surface area contributed by atoms with E-state index in [2.05, 4.69) is 13.8 Å². The van der Waals surface area contributed by atoms with Crippen LogP contribution in [0.3, 0.4) is 0 Å². The Morgan fingerprint density at radius 3 is 2.92 bits per heavy atom. The van der Waals surface area contributed by atoms with Gasteiger partial charge in [-0.3, -0.25) is 0 Å². The van der Waals surface area contributed by atoms with Crippen molar-refractivity contribution in [3.05, 3.63) is 11.1 Å². The minimum absolute atomic E-state index is 0.590. The van der Waals surface area contributed by atoms with Crippen LogP contribution in [0.15, 0.2) is 11.1 Å². The highest BCUT2D eigenvalue weighted by Crippen LogP contribution is 2.30. The Labute approximate surface area is 85.0 Å². The zero-order valence-corrected chi connectivity index (χ0v) is 9.21. The second-order valence-electron chi connectivity index (χ2n) is 3.52. The smallest absolute Gasteiger partial charge is 0.0197 e. The van der Waals surface area contributed by atoms with Crippen LogP contribution >= 0.6 is 23.8 Å². The summed E-state index contributed by atoms with van der Waals surface area (Å²) in [5.74, 6) is 1.30. The lowest BCUT2D eigenvalue weighted by atomic mass is 9.82. The molecule has 0 fully saturated rings. The molecule has 2 unspecified atom stereocenters. The maximum absolute atomic E-state index is 5.90. The Balaban J connectivity index is 2.65. The molecule has 0 aromatic heterocycles. The van der Waals surface area contributed by atoms with Gasteiger partial charge in [0, 0.05) is 9.90 Å². The molecule has 0 amide bonds. The normalized spacial score (nSPS) is 26.8. The second kappa shape index (κ2) is 4.38. The molecule has 0 aliphatic heterocycles. The molecule has 0 aromatic rings. The standard InChI is InChI=1S/C10H15ClS/c1-3-7(2)9-5-4-8(11)6-10(9)12/h6-7,9H,3-5H2,1-2H3. The van der Waals surface area contributed by atoms with Crippen LogP contribution < -0.4 is 0 Å². The molecule has 2 heteroatoms. The zero-order chi connectivity index (χ0) is 9.14. The number of allylic oxidation sites excluding steroid dienone is 2. The number of rotatable bonds is 2. The highest BCUT2D eigenvalue weighted by Gasteiger charge is 2.22. The van der Waals surface area contributed by atoms with Gasteiger partial charge in [0.15, 0.2) is 0 Å². The van der Waals surface area contributed by atoms with Crippen molar-refractivity contribution >= 4 is 28.7 Å². The van der Waals surface area contributed by atoms with Crippen LogP contribution in [0.25, 0.3) is 0 Å². The van der Waals surface area contributed by atoms with Crippen molar-refractivity contribution in [2.24, 2.45) is 11.8 Å². The summed E-state index contributed by atoms with van der Waals surface area (Å²) < 4.78 is 0. The van der Waals surface area contributed by atoms with Gasteiger partial charge in [-0.2, -0.15) is 0 Å². The summed E-state index contributed by atoms with van der Waals surface area (Å²) in [6, 6.07) is 0. The van der Waals surface area contributed by atoms with Gasteiger partial charge >= 0.3 is 0 Å². The number of hydrogen-bond acceptors (Lipinski definition) is 1. The molecule has 0 spiro atoms. The van der Waals surface area contributed by atoms with Crippen molar-refractivity contribution < 1.29 is 0 Å². The third kappa shape index (κ3) is 2.30. The van der Waals surface area contributed by atoms with E-state index in [0.29, 0.717) is 11.8 Å². The van der Waals surface area contributed by atoms with Gasteiger partial charge in [-0.1, -0.05) is 44.1 Å². The Morgan fingerprint density at radius 1 is 1.75 bits per heavy atom. The molecule has 0 saturated heterocycles. The van der Waals surface area contributed by atoms with Crippen LogP contribution in [-0.4, -0.2) is 4.86 Å². The summed E-state index contributed by atoms with van der Waals surface area (Å²) in [6.45, 7) is 4.48. The third-order valence-corrected chi connectivity index (χ3v) is 3.41. The van der Waals surface area contributed by atoms with Crippen molar-refractivity contribution in [1.29, 1.82) is 0 Å². The van der Waals surface area contributed by atoms with Gasteiger partial charge in [0.2, 0.25) is 0 Å². The summed E-state index contributed by atoms with van der Waals surface area (Å²) in [7, 11) is 0. The van der Waals surface area contributed by atoms with E-state index >= 15 is 0 Å². The van der Waals surface area contributed by atoms with Crippen LogP contribution in [0.1, 0.15) is 33.1 Å². The van der Waals surface area contributed by atoms with Gasteiger partial charge in [-0.25, -0.2) is 0 Å². The lowest BCUT2D eigenvalue weighted by Crippen LogP contribution is -2.21. The van der Waals surface area contributed by atoms with Gasteiger partial charge in [-0.05, 0) is 30.8 Å². The van der Waals surface area contributed by atoms with Crippen LogP contribution in [0.5, 0.6) is 0 Å². The van der Waals surface area contributed by atoms with Gasteiger partial charge in [0.25, 0.3) is 0 Å². The maximum Gasteiger partial charge on any atom is 0.0197 e. The van der Waals surface area contributed by atoms with E-state index in [4.69, 9.17) is 23.8 Å². The van der Waals surface area contributed by atoms with E-state index in [-0.39, 0.29) is 0 Å². The molecule has 68 valence electrons. The Morgan fingerprint density at radius 2 is 2.42 bits per heavy atom. The predicted octanol–water partition coefficient (Wildman–Crippen LogP) is 3.94. The fourth-order valence-corrected chi connectivity index (χ4v) is 2.40. The van der Waals surface area contributed by atoms with Crippen molar-refractivity contribution in [3.63, 3.8) is 0 Å². The number of thiocarbonyl (C=S) groups is 1. The molecule has 12 heavy (non-hydrogen) atoms. The lowest BCUT2D eigenvalue weighted by Gasteiger charge is -2.25. The molecule has 2 atom stereocenters. The summed E-state index contributed by atoms with van der Waals surface area (Å²) >= 11 is 11.2. The maximum atomic E-state index is 5.90. The summed E-state index contributed by atoms with van der Waals surface area (Å²) in [6.07, 6.45) is 5.33. The number of hydrogen-bond donors (Lipinski definition) is 0. The molecule has 0 bridgehead atoms. The quantitative estimate of drug-likeness (QED) is 0.612. The minimum atomic E-state index is 0.590. The summed E-state index contributed by atoms with van der Waals surface area (Å²) in [5, 5.41) is 0.930. The molecule has 0 nitrogen and oxygen atoms in total. The van der Waals surface area contributed by atoms with Crippen LogP contribution in [-0.2, 0) is 0 Å². The molecule has 1 aliphatic rings. The van der Waals surface area contributed by atoms with E-state index in [1.165, 1.54) is 6.42 Å². The van der Waals surface area contributed by atoms with Crippen molar-refractivity contribution in [1.82, 2.24) is 0 Å². The molecule has 0 heterocycles. The third-order valence-electron chi connectivity index (χ3n) is 2.69. The Hall–Kier alpha value is 0.120. The molecule has 0 N–H and O–H groups in total. The van der Waals surface area contributed by atoms with E-state index in [1.54, 1.807) is 0 Å². The van der Waals surface area contributed by atoms with E-state index < -0.39 is 0 Å². The largest absolute Gasteiger partial charge is 0.0891 e. The summed E-state index contributed by atoms with van der Waals surface area (Å²) in [5.41, 5.74) is 0. The predicted molar refractivity (Wildman–Crippen MR) is 58.7 cm³/mol. The highest BCUT2D eigenvalue weighted by molar-refractivity contribution is 7.80. The first-order chi connectivity index (χ1) is 5.65. The molecule has 0 radical (unpaired) electrons. The fraction of sp³-hybridized carbons (Fsp3) is 0.700. The highest BCUT2D eigenvalue weighted by atomic mass is 35.5. The van der Waals surface area contributed by atoms with E-state index in [9.17, 15) is 0 Å². The molecule has 1 rings (SSSR count). The van der Waals surface area contributed by atoms with Crippen LogP contribution in [0, 0.1) is 11.8 Å². The van der Waals surface area contributed by atoms with Crippen LogP contribution in [0.4, 0.5) is 0 Å². The van der Waals surface area contributed by atoms with Crippen molar-refractivity contribution in [2.75, 3.05) is 0 Å². The van der Waals surface area contributed by atoms with Gasteiger partial charge in [0.1, 0.15) is 0 Å². The first-order valence-electron chi connectivity index (χ1n) is 4.55. The van der Waals surface area contributed by atoms with Crippen LogP contribution in [0.2, 0.25) is 0 Å². The van der Waals surface area contributed by atoms with Gasteiger partial charge in [-0.15, -0.1) is 0 Å². The van der Waals surface area contributed by atoms with Gasteiger partial charge in [0.05, 0.1) is 0 Å². The average molecular weight is 203 g/mol. The summed E-state index contributed by atoms with van der Waals surface area (Å²) in [4.78, 5) is 1.06. The molecular formula is C10H15ClS. The minimum Gasteiger partial charge on any atom is -0.0891 e. The van der Waals surface area contributed by atoms with Crippen molar-refractivity contribution in [3.8, 4) is 0 Å². The first kappa shape index (κ1) is 10.2. The average Bonchev–Trinajstić information content (AvgIpc) is 2.03. The second-order valence-corrected chi connectivity index (χ2v) is 4.48. The first-order valence-corrected chi connectivity index (χ1v) is 5.33. The fourth-order valence-electron chi connectivity index (χ4n) is 1.62. The van der Waals surface area contributed by atoms with E-state index in [1.807, 2.05) is 6.08 Å². The molecule has 1 aliphatic carbocycles.